The van der Waals surface area contributed by atoms with Gasteiger partial charge in [0.15, 0.2) is 0 Å². The average Bonchev–Trinajstić information content (AvgIpc) is 3.29. The fraction of sp³-hybridized carbons (Fsp3) is 0.440. The third-order valence-electron chi connectivity index (χ3n) is 5.96. The van der Waals surface area contributed by atoms with Gasteiger partial charge in [0.25, 0.3) is 5.91 Å². The molecule has 2 amide bonds. The first-order valence-corrected chi connectivity index (χ1v) is 11.5. The van der Waals surface area contributed by atoms with E-state index in [2.05, 4.69) is 15.7 Å². The van der Waals surface area contributed by atoms with E-state index in [0.717, 1.165) is 24.1 Å². The molecule has 0 fully saturated rings. The SMILES string of the molecule is CCC(CC)O[C@@H]1C=C(C(=O)O)C[C@H](NC(=O)c2cnn(-c3ccc(C)cc3)c2)[C@H]1NC(C)=O. The van der Waals surface area contributed by atoms with Gasteiger partial charge in [-0.1, -0.05) is 31.5 Å². The van der Waals surface area contributed by atoms with Crippen molar-refractivity contribution in [3.05, 3.63) is 59.4 Å². The molecule has 0 aliphatic heterocycles. The van der Waals surface area contributed by atoms with Crippen molar-refractivity contribution in [2.24, 2.45) is 0 Å². The number of benzene rings is 1. The normalized spacial score (nSPS) is 20.0. The summed E-state index contributed by atoms with van der Waals surface area (Å²) in [6.45, 7) is 7.34. The van der Waals surface area contributed by atoms with Gasteiger partial charge in [0.05, 0.1) is 41.7 Å². The zero-order chi connectivity index (χ0) is 24.8. The molecule has 1 aromatic carbocycles. The lowest BCUT2D eigenvalue weighted by atomic mass is 9.87. The highest BCUT2D eigenvalue weighted by molar-refractivity contribution is 5.94. The minimum absolute atomic E-state index is 0.0564. The van der Waals surface area contributed by atoms with Gasteiger partial charge in [0.1, 0.15) is 0 Å². The van der Waals surface area contributed by atoms with Crippen LogP contribution in [0.1, 0.15) is 56.0 Å². The molecule has 3 N–H and O–H groups in total. The molecule has 9 nitrogen and oxygen atoms in total. The zero-order valence-electron chi connectivity index (χ0n) is 19.9. The lowest BCUT2D eigenvalue weighted by Gasteiger charge is -2.38. The summed E-state index contributed by atoms with van der Waals surface area (Å²) in [5, 5.41) is 19.7. The molecule has 3 rings (SSSR count). The summed E-state index contributed by atoms with van der Waals surface area (Å²) >= 11 is 0. The molecule has 0 saturated carbocycles. The van der Waals surface area contributed by atoms with Gasteiger partial charge in [-0.05, 0) is 38.0 Å². The molecule has 9 heteroatoms. The first kappa shape index (κ1) is 25.2. The Morgan fingerprint density at radius 3 is 2.44 bits per heavy atom. The quantitative estimate of drug-likeness (QED) is 0.520. The molecule has 0 unspecified atom stereocenters. The second-order valence-corrected chi connectivity index (χ2v) is 8.56. The van der Waals surface area contributed by atoms with Crippen LogP contribution in [0.25, 0.3) is 5.69 Å². The van der Waals surface area contributed by atoms with E-state index in [1.807, 2.05) is 45.0 Å². The molecular weight excluding hydrogens is 436 g/mol. The molecular formula is C25H32N4O5. The Balaban J connectivity index is 1.84. The number of carboxylic acid groups (broad SMARTS) is 1. The predicted octanol–water partition coefficient (Wildman–Crippen LogP) is 2.77. The number of nitrogens with one attached hydrogen (secondary N) is 2. The van der Waals surface area contributed by atoms with E-state index >= 15 is 0 Å². The maximum Gasteiger partial charge on any atom is 0.331 e. The van der Waals surface area contributed by atoms with Crippen LogP contribution in [0.2, 0.25) is 0 Å². The van der Waals surface area contributed by atoms with E-state index in [0.29, 0.717) is 5.56 Å². The van der Waals surface area contributed by atoms with E-state index in [1.165, 1.54) is 13.1 Å². The number of aliphatic carboxylic acids is 1. The Hall–Kier alpha value is -3.46. The molecule has 0 spiro atoms. The number of aromatic nitrogens is 2. The van der Waals surface area contributed by atoms with Crippen molar-refractivity contribution in [3.63, 3.8) is 0 Å². The number of carbonyl (C=O) groups is 3. The summed E-state index contributed by atoms with van der Waals surface area (Å²) in [5.74, 6) is -1.78. The molecule has 3 atom stereocenters. The lowest BCUT2D eigenvalue weighted by molar-refractivity contribution is -0.133. The lowest BCUT2D eigenvalue weighted by Crippen LogP contribution is -2.59. The van der Waals surface area contributed by atoms with Crippen molar-refractivity contribution < 1.29 is 24.2 Å². The summed E-state index contributed by atoms with van der Waals surface area (Å²) in [7, 11) is 0. The smallest absolute Gasteiger partial charge is 0.331 e. The maximum atomic E-state index is 13.1. The van der Waals surface area contributed by atoms with E-state index in [-0.39, 0.29) is 24.0 Å². The van der Waals surface area contributed by atoms with Crippen LogP contribution in [0.15, 0.2) is 48.3 Å². The third-order valence-corrected chi connectivity index (χ3v) is 5.96. The number of rotatable bonds is 9. The number of hydrogen-bond donors (Lipinski definition) is 3. The van der Waals surface area contributed by atoms with Gasteiger partial charge in [0.2, 0.25) is 5.91 Å². The van der Waals surface area contributed by atoms with Crippen molar-refractivity contribution >= 4 is 17.8 Å². The summed E-state index contributed by atoms with van der Waals surface area (Å²) in [5.41, 5.74) is 2.39. The van der Waals surface area contributed by atoms with Crippen LogP contribution in [0.3, 0.4) is 0 Å². The van der Waals surface area contributed by atoms with Crippen molar-refractivity contribution in [2.45, 2.75) is 71.2 Å². The topological polar surface area (TPSA) is 123 Å². The van der Waals surface area contributed by atoms with Gasteiger partial charge in [0, 0.05) is 25.1 Å². The Bertz CT molecular complexity index is 1060. The van der Waals surface area contributed by atoms with Gasteiger partial charge < -0.3 is 20.5 Å². The van der Waals surface area contributed by atoms with Crippen molar-refractivity contribution in [3.8, 4) is 5.69 Å². The highest BCUT2D eigenvalue weighted by atomic mass is 16.5. The van der Waals surface area contributed by atoms with Crippen LogP contribution < -0.4 is 10.6 Å². The minimum Gasteiger partial charge on any atom is -0.478 e. The Morgan fingerprint density at radius 2 is 1.85 bits per heavy atom. The fourth-order valence-corrected chi connectivity index (χ4v) is 4.04. The molecule has 1 heterocycles. The highest BCUT2D eigenvalue weighted by Crippen LogP contribution is 2.25. The number of nitrogens with zero attached hydrogens (tertiary/aromatic N) is 2. The average molecular weight is 469 g/mol. The summed E-state index contributed by atoms with van der Waals surface area (Å²) in [6, 6.07) is 6.43. The number of carbonyl (C=O) groups excluding carboxylic acids is 2. The number of aryl methyl sites for hydroxylation is 1. The van der Waals surface area contributed by atoms with Crippen molar-refractivity contribution in [1.82, 2.24) is 20.4 Å². The third kappa shape index (κ3) is 6.11. The predicted molar refractivity (Wildman–Crippen MR) is 127 cm³/mol. The van der Waals surface area contributed by atoms with E-state index in [1.54, 1.807) is 17.0 Å². The molecule has 34 heavy (non-hydrogen) atoms. The molecule has 182 valence electrons. The van der Waals surface area contributed by atoms with Crippen LogP contribution in [0.4, 0.5) is 0 Å². The van der Waals surface area contributed by atoms with Crippen LogP contribution in [-0.4, -0.2) is 57.0 Å². The van der Waals surface area contributed by atoms with Gasteiger partial charge in [-0.3, -0.25) is 9.59 Å². The number of hydrogen-bond acceptors (Lipinski definition) is 5. The largest absolute Gasteiger partial charge is 0.478 e. The highest BCUT2D eigenvalue weighted by Gasteiger charge is 2.38. The molecule has 0 saturated heterocycles. The summed E-state index contributed by atoms with van der Waals surface area (Å²) in [6.07, 6.45) is 5.36. The number of carboxylic acids is 1. The molecule has 1 aromatic heterocycles. The Labute approximate surface area is 199 Å². The van der Waals surface area contributed by atoms with E-state index in [4.69, 9.17) is 4.74 Å². The fourth-order valence-electron chi connectivity index (χ4n) is 4.04. The van der Waals surface area contributed by atoms with E-state index in [9.17, 15) is 19.5 Å². The Morgan fingerprint density at radius 1 is 1.18 bits per heavy atom. The van der Waals surface area contributed by atoms with Gasteiger partial charge in [-0.15, -0.1) is 0 Å². The van der Waals surface area contributed by atoms with Crippen molar-refractivity contribution in [1.29, 1.82) is 0 Å². The number of amides is 2. The zero-order valence-corrected chi connectivity index (χ0v) is 19.9. The molecule has 1 aliphatic rings. The number of ether oxygens (including phenoxy) is 1. The monoisotopic (exact) mass is 468 g/mol. The first-order valence-electron chi connectivity index (χ1n) is 11.5. The van der Waals surface area contributed by atoms with Crippen molar-refractivity contribution in [2.75, 3.05) is 0 Å². The summed E-state index contributed by atoms with van der Waals surface area (Å²) < 4.78 is 7.75. The molecule has 0 bridgehead atoms. The van der Waals surface area contributed by atoms with Crippen LogP contribution >= 0.6 is 0 Å². The first-order chi connectivity index (χ1) is 16.2. The minimum atomic E-state index is -1.08. The van der Waals surface area contributed by atoms with Crippen LogP contribution in [0.5, 0.6) is 0 Å². The second kappa shape index (κ2) is 11.1. The Kier molecular flexibility index (Phi) is 8.22. The summed E-state index contributed by atoms with van der Waals surface area (Å²) in [4.78, 5) is 36.8. The van der Waals surface area contributed by atoms with E-state index < -0.39 is 30.1 Å². The standard InChI is InChI=1S/C25H32N4O5/c1-5-20(6-2)34-22-12-17(25(32)33)11-21(23(22)27-16(4)30)28-24(31)18-13-26-29(14-18)19-9-7-15(3)8-10-19/h7-10,12-14,20-23H,5-6,11H2,1-4H3,(H,27,30)(H,28,31)(H,32,33)/t21-,22+,23+/m0/s1. The van der Waals surface area contributed by atoms with Crippen LogP contribution in [0, 0.1) is 6.92 Å². The second-order valence-electron chi connectivity index (χ2n) is 8.56. The molecule has 0 radical (unpaired) electrons. The molecule has 1 aliphatic carbocycles. The van der Waals surface area contributed by atoms with Gasteiger partial charge in [-0.25, -0.2) is 9.48 Å². The maximum absolute atomic E-state index is 13.1. The van der Waals surface area contributed by atoms with Gasteiger partial charge >= 0.3 is 5.97 Å². The van der Waals surface area contributed by atoms with Gasteiger partial charge in [-0.2, -0.15) is 5.10 Å². The van der Waals surface area contributed by atoms with Crippen LogP contribution in [-0.2, 0) is 14.3 Å². The molecule has 2 aromatic rings.